The van der Waals surface area contributed by atoms with Gasteiger partial charge in [0.05, 0.1) is 18.6 Å². The summed E-state index contributed by atoms with van der Waals surface area (Å²) < 4.78 is 4.56. The van der Waals surface area contributed by atoms with Crippen LogP contribution in [-0.4, -0.2) is 26.7 Å². The van der Waals surface area contributed by atoms with Crippen LogP contribution < -0.4 is 0 Å². The van der Waals surface area contributed by atoms with Crippen molar-refractivity contribution in [3.05, 3.63) is 18.2 Å². The first-order chi connectivity index (χ1) is 5.40. The molecule has 0 N–H and O–H groups in total. The molecule has 0 fully saturated rings. The zero-order chi connectivity index (χ0) is 7.68. The minimum Gasteiger partial charge on any atom is -0.332 e. The van der Waals surface area contributed by atoms with Crippen molar-refractivity contribution < 1.29 is 0 Å². The number of hydrogen-bond donors (Lipinski definition) is 0. The molecule has 1 aromatic heterocycles. The molecule has 0 aliphatic carbocycles. The summed E-state index contributed by atoms with van der Waals surface area (Å²) in [5, 5.41) is 0. The summed E-state index contributed by atoms with van der Waals surface area (Å²) in [7, 11) is 0. The highest BCUT2D eigenvalue weighted by molar-refractivity contribution is 7.96. The fourth-order valence-electron chi connectivity index (χ4n) is 1.32. The van der Waals surface area contributed by atoms with Gasteiger partial charge in [0, 0.05) is 19.3 Å². The van der Waals surface area contributed by atoms with Crippen molar-refractivity contribution in [3.8, 4) is 0 Å². The van der Waals surface area contributed by atoms with Crippen molar-refractivity contribution in [1.29, 1.82) is 0 Å². The summed E-state index contributed by atoms with van der Waals surface area (Å²) in [5.41, 5.74) is 1.32. The van der Waals surface area contributed by atoms with Crippen LogP contribution in [0.15, 0.2) is 12.5 Å². The summed E-state index contributed by atoms with van der Waals surface area (Å²) >= 11 is 1.80. The monoisotopic (exact) mass is 169 g/mol. The molecule has 11 heavy (non-hydrogen) atoms. The Bertz CT molecular complexity index is 246. The second kappa shape index (κ2) is 2.87. The molecule has 2 heterocycles. The second-order valence-electron chi connectivity index (χ2n) is 2.62. The third-order valence-corrected chi connectivity index (χ3v) is 2.81. The van der Waals surface area contributed by atoms with Gasteiger partial charge in [-0.1, -0.05) is 11.9 Å². The third kappa shape index (κ3) is 1.28. The third-order valence-electron chi connectivity index (χ3n) is 1.99. The van der Waals surface area contributed by atoms with E-state index in [0.29, 0.717) is 0 Å². The average Bonchev–Trinajstić information content (AvgIpc) is 2.50. The highest BCUT2D eigenvalue weighted by atomic mass is 32.2. The molecule has 0 atom stereocenters. The molecule has 3 nitrogen and oxygen atoms in total. The Balaban J connectivity index is 2.18. The number of aromatic nitrogens is 2. The molecule has 0 radical (unpaired) electrons. The van der Waals surface area contributed by atoms with Gasteiger partial charge in [0.25, 0.3) is 0 Å². The predicted octanol–water partition coefficient (Wildman–Crippen LogP) is 0.977. The first-order valence-electron chi connectivity index (χ1n) is 3.68. The Kier molecular flexibility index (Phi) is 1.87. The second-order valence-corrected chi connectivity index (χ2v) is 3.51. The number of fused-ring (bicyclic) bond motifs is 1. The molecule has 1 aliphatic heterocycles. The summed E-state index contributed by atoms with van der Waals surface area (Å²) in [6.45, 7) is 3.24. The molecule has 0 unspecified atom stereocenters. The predicted molar refractivity (Wildman–Crippen MR) is 46.2 cm³/mol. The smallest absolute Gasteiger partial charge is 0.0949 e. The van der Waals surface area contributed by atoms with Gasteiger partial charge in [0.15, 0.2) is 0 Å². The topological polar surface area (TPSA) is 21.1 Å². The Labute approximate surface area is 70.5 Å². The van der Waals surface area contributed by atoms with Gasteiger partial charge >= 0.3 is 0 Å². The largest absolute Gasteiger partial charge is 0.332 e. The van der Waals surface area contributed by atoms with Crippen LogP contribution in [0.2, 0.25) is 0 Å². The van der Waals surface area contributed by atoms with Crippen molar-refractivity contribution in [2.75, 3.05) is 12.8 Å². The molecular weight excluding hydrogens is 158 g/mol. The minimum atomic E-state index is 1.03. The van der Waals surface area contributed by atoms with Gasteiger partial charge in [0.2, 0.25) is 0 Å². The molecule has 1 aromatic rings. The van der Waals surface area contributed by atoms with Crippen molar-refractivity contribution in [3.63, 3.8) is 0 Å². The number of hydrogen-bond acceptors (Lipinski definition) is 3. The molecule has 4 heteroatoms. The van der Waals surface area contributed by atoms with E-state index in [9.17, 15) is 0 Å². The van der Waals surface area contributed by atoms with Gasteiger partial charge in [-0.05, 0) is 6.26 Å². The van der Waals surface area contributed by atoms with E-state index in [4.69, 9.17) is 0 Å². The molecule has 0 bridgehead atoms. The van der Waals surface area contributed by atoms with Crippen molar-refractivity contribution in [1.82, 2.24) is 13.9 Å². The van der Waals surface area contributed by atoms with Crippen molar-refractivity contribution >= 4 is 11.9 Å². The summed E-state index contributed by atoms with van der Waals surface area (Å²) in [5.74, 6) is 0. The van der Waals surface area contributed by atoms with E-state index in [1.54, 1.807) is 11.9 Å². The summed E-state index contributed by atoms with van der Waals surface area (Å²) in [6, 6.07) is 0. The van der Waals surface area contributed by atoms with Gasteiger partial charge in [-0.2, -0.15) is 0 Å². The van der Waals surface area contributed by atoms with E-state index in [1.165, 1.54) is 5.69 Å². The SMILES string of the molecule is CSN1CCn2cncc2C1. The zero-order valence-corrected chi connectivity index (χ0v) is 7.34. The molecule has 0 spiro atoms. The van der Waals surface area contributed by atoms with Crippen LogP contribution in [0, 0.1) is 0 Å². The summed E-state index contributed by atoms with van der Waals surface area (Å²) in [4.78, 5) is 4.10. The van der Waals surface area contributed by atoms with Gasteiger partial charge < -0.3 is 4.57 Å². The molecule has 0 amide bonds. The van der Waals surface area contributed by atoms with Crippen molar-refractivity contribution in [2.24, 2.45) is 0 Å². The van der Waals surface area contributed by atoms with Crippen LogP contribution >= 0.6 is 11.9 Å². The minimum absolute atomic E-state index is 1.03. The Morgan fingerprint density at radius 2 is 2.45 bits per heavy atom. The molecule has 2 rings (SSSR count). The van der Waals surface area contributed by atoms with Crippen LogP contribution in [0.3, 0.4) is 0 Å². The van der Waals surface area contributed by atoms with E-state index >= 15 is 0 Å². The number of nitrogens with zero attached hydrogens (tertiary/aromatic N) is 3. The fraction of sp³-hybridized carbons (Fsp3) is 0.571. The maximum atomic E-state index is 4.10. The molecule has 0 aromatic carbocycles. The number of imidazole rings is 1. The summed E-state index contributed by atoms with van der Waals surface area (Å²) in [6.07, 6.45) is 5.97. The lowest BCUT2D eigenvalue weighted by atomic mass is 10.4. The number of rotatable bonds is 1. The van der Waals surface area contributed by atoms with E-state index in [1.807, 2.05) is 12.5 Å². The lowest BCUT2D eigenvalue weighted by Gasteiger charge is -2.25. The maximum absolute atomic E-state index is 4.10. The first-order valence-corrected chi connectivity index (χ1v) is 4.86. The molecular formula is C7H11N3S. The Morgan fingerprint density at radius 3 is 3.27 bits per heavy atom. The average molecular weight is 169 g/mol. The van der Waals surface area contributed by atoms with Crippen LogP contribution in [0.1, 0.15) is 5.69 Å². The van der Waals surface area contributed by atoms with Gasteiger partial charge in [-0.3, -0.25) is 0 Å². The lowest BCUT2D eigenvalue weighted by Crippen LogP contribution is -2.27. The standard InChI is InChI=1S/C7H11N3S/c1-11-10-3-2-9-6-8-4-7(9)5-10/h4,6H,2-3,5H2,1H3. The normalized spacial score (nSPS) is 18.3. The zero-order valence-electron chi connectivity index (χ0n) is 6.53. The molecule has 0 saturated heterocycles. The van der Waals surface area contributed by atoms with Crippen LogP contribution in [-0.2, 0) is 13.1 Å². The van der Waals surface area contributed by atoms with Crippen LogP contribution in [0.5, 0.6) is 0 Å². The fourth-order valence-corrected chi connectivity index (χ4v) is 1.84. The first kappa shape index (κ1) is 7.18. The van der Waals surface area contributed by atoms with Crippen LogP contribution in [0.25, 0.3) is 0 Å². The van der Waals surface area contributed by atoms with E-state index < -0.39 is 0 Å². The van der Waals surface area contributed by atoms with Gasteiger partial charge in [-0.15, -0.1) is 0 Å². The quantitative estimate of drug-likeness (QED) is 0.585. The van der Waals surface area contributed by atoms with Crippen molar-refractivity contribution in [2.45, 2.75) is 13.1 Å². The maximum Gasteiger partial charge on any atom is 0.0949 e. The lowest BCUT2D eigenvalue weighted by molar-refractivity contribution is 0.376. The Hall–Kier alpha value is -0.480. The van der Waals surface area contributed by atoms with E-state index in [0.717, 1.165) is 19.6 Å². The molecule has 0 saturated carbocycles. The highest BCUT2D eigenvalue weighted by Crippen LogP contribution is 2.16. The molecule has 1 aliphatic rings. The van der Waals surface area contributed by atoms with Crippen LogP contribution in [0.4, 0.5) is 0 Å². The van der Waals surface area contributed by atoms with Gasteiger partial charge in [0.1, 0.15) is 0 Å². The van der Waals surface area contributed by atoms with Gasteiger partial charge in [-0.25, -0.2) is 9.29 Å². The highest BCUT2D eigenvalue weighted by Gasteiger charge is 2.13. The molecule has 60 valence electrons. The van der Waals surface area contributed by atoms with E-state index in [-0.39, 0.29) is 0 Å². The van der Waals surface area contributed by atoms with E-state index in [2.05, 4.69) is 20.1 Å². The Morgan fingerprint density at radius 1 is 1.55 bits per heavy atom.